The number of hydrogen-bond donors (Lipinski definition) is 2. The zero-order valence-electron chi connectivity index (χ0n) is 18.8. The van der Waals surface area contributed by atoms with Crippen molar-refractivity contribution >= 4 is 33.4 Å². The summed E-state index contributed by atoms with van der Waals surface area (Å²) in [4.78, 5) is 8.32. The zero-order chi connectivity index (χ0) is 23.7. The topological polar surface area (TPSA) is 121 Å². The molecule has 3 rings (SSSR count). The Morgan fingerprint density at radius 2 is 1.71 bits per heavy atom. The molecule has 0 saturated carbocycles. The summed E-state index contributed by atoms with van der Waals surface area (Å²) >= 11 is 3.26. The van der Waals surface area contributed by atoms with Crippen LogP contribution < -0.4 is 15.8 Å². The Labute approximate surface area is 176 Å². The molecule has 0 aliphatic heterocycles. The molecule has 0 unspecified atom stereocenters. The van der Waals surface area contributed by atoms with Gasteiger partial charge < -0.3 is 15.8 Å². The Balaban J connectivity index is 2.07. The quantitative estimate of drug-likeness (QED) is 0.604. The molecular formula is C20H15BrN6O. The molecule has 28 heavy (non-hydrogen) atoms. The molecule has 7 nitrogen and oxygen atoms in total. The molecule has 2 aromatic carbocycles. The lowest BCUT2D eigenvalue weighted by atomic mass is 10.1. The van der Waals surface area contributed by atoms with Crippen LogP contribution in [0.2, 0.25) is 0 Å². The molecular weight excluding hydrogens is 420 g/mol. The first kappa shape index (κ1) is 14.4. The van der Waals surface area contributed by atoms with E-state index in [1.165, 1.54) is 12.1 Å². The summed E-state index contributed by atoms with van der Waals surface area (Å²) < 4.78 is 38.5. The first-order valence-corrected chi connectivity index (χ1v) is 8.68. The fourth-order valence-electron chi connectivity index (χ4n) is 2.30. The predicted molar refractivity (Wildman–Crippen MR) is 109 cm³/mol. The van der Waals surface area contributed by atoms with E-state index >= 15 is 0 Å². The van der Waals surface area contributed by atoms with E-state index in [-0.39, 0.29) is 68.9 Å². The molecule has 8 heteroatoms. The van der Waals surface area contributed by atoms with Crippen LogP contribution in [0.3, 0.4) is 0 Å². The summed E-state index contributed by atoms with van der Waals surface area (Å²) in [7, 11) is 0. The highest BCUT2D eigenvalue weighted by molar-refractivity contribution is 9.10. The van der Waals surface area contributed by atoms with Crippen LogP contribution in [-0.2, 0) is 0 Å². The summed E-state index contributed by atoms with van der Waals surface area (Å²) in [6.45, 7) is 3.19. The number of anilines is 3. The summed E-state index contributed by atoms with van der Waals surface area (Å²) in [6.07, 6.45) is 0. The molecule has 0 aliphatic carbocycles. The number of hydrogen-bond acceptors (Lipinski definition) is 7. The van der Waals surface area contributed by atoms with E-state index in [9.17, 15) is 5.26 Å². The molecule has 0 fully saturated rings. The highest BCUT2D eigenvalue weighted by atomic mass is 79.9. The average Bonchev–Trinajstić information content (AvgIpc) is 2.75. The minimum absolute atomic E-state index is 0.00495. The van der Waals surface area contributed by atoms with E-state index in [2.05, 4.69) is 31.2 Å². The van der Waals surface area contributed by atoms with Gasteiger partial charge in [0.1, 0.15) is 16.0 Å². The van der Waals surface area contributed by atoms with Gasteiger partial charge in [-0.05, 0) is 77.2 Å². The monoisotopic (exact) mass is 438 g/mol. The highest BCUT2D eigenvalue weighted by Crippen LogP contribution is 2.36. The van der Waals surface area contributed by atoms with Crippen molar-refractivity contribution in [2.45, 2.75) is 13.8 Å². The second-order valence-electron chi connectivity index (χ2n) is 5.61. The van der Waals surface area contributed by atoms with Gasteiger partial charge in [0.25, 0.3) is 0 Å². The summed E-state index contributed by atoms with van der Waals surface area (Å²) in [5.41, 5.74) is 6.86. The fourth-order valence-corrected chi connectivity index (χ4v) is 2.56. The van der Waals surface area contributed by atoms with Crippen LogP contribution in [0.1, 0.15) is 27.7 Å². The third-order valence-electron chi connectivity index (χ3n) is 3.57. The third kappa shape index (κ3) is 4.03. The van der Waals surface area contributed by atoms with E-state index in [1.54, 1.807) is 13.8 Å². The van der Waals surface area contributed by atoms with Crippen LogP contribution in [0.25, 0.3) is 0 Å². The van der Waals surface area contributed by atoms with Gasteiger partial charge in [0, 0.05) is 5.69 Å². The van der Waals surface area contributed by atoms with E-state index in [4.69, 9.17) is 21.2 Å². The molecule has 138 valence electrons. The largest absolute Gasteiger partial charge is 0.437 e. The molecule has 0 aliphatic rings. The fraction of sp³-hybridized carbons (Fsp3) is 0.100. The number of ether oxygens (including phenoxy) is 1. The van der Waals surface area contributed by atoms with Crippen molar-refractivity contribution in [2.75, 3.05) is 11.1 Å². The van der Waals surface area contributed by atoms with Gasteiger partial charge in [0.05, 0.1) is 28.7 Å². The van der Waals surface area contributed by atoms with E-state index < -0.39 is 0 Å². The van der Waals surface area contributed by atoms with Crippen molar-refractivity contribution in [1.29, 1.82) is 10.5 Å². The smallest absolute Gasteiger partial charge is 0.240 e. The van der Waals surface area contributed by atoms with Crippen molar-refractivity contribution in [1.82, 2.24) is 9.97 Å². The molecule has 0 spiro atoms. The van der Waals surface area contributed by atoms with Gasteiger partial charge in [-0.2, -0.15) is 20.5 Å². The number of nitriles is 2. The molecule has 0 saturated heterocycles. The number of aromatic nitrogens is 2. The minimum atomic E-state index is -0.120. The van der Waals surface area contributed by atoms with Gasteiger partial charge in [-0.3, -0.25) is 0 Å². The van der Waals surface area contributed by atoms with E-state index in [0.717, 1.165) is 0 Å². The third-order valence-corrected chi connectivity index (χ3v) is 4.32. The van der Waals surface area contributed by atoms with Crippen LogP contribution in [-0.4, -0.2) is 9.97 Å². The van der Waals surface area contributed by atoms with Crippen molar-refractivity contribution in [2.24, 2.45) is 0 Å². The number of nitrogens with zero attached hydrogens (tertiary/aromatic N) is 4. The van der Waals surface area contributed by atoms with Gasteiger partial charge in [-0.1, -0.05) is 0 Å². The molecule has 0 atom stereocenters. The first-order chi connectivity index (χ1) is 15.1. The SMILES string of the molecule is [2H]c1cc(C#N)cc([2H])c1Nc1nc(N)c(Br)c(Oc2c(C)c([2H])c(C#N)c([2H])c2C)n1. The van der Waals surface area contributed by atoms with Gasteiger partial charge in [0.2, 0.25) is 11.8 Å². The molecule has 1 heterocycles. The van der Waals surface area contributed by atoms with Crippen LogP contribution >= 0.6 is 15.9 Å². The van der Waals surface area contributed by atoms with Crippen molar-refractivity contribution in [3.05, 3.63) is 63.0 Å². The molecule has 0 bridgehead atoms. The maximum absolute atomic E-state index is 9.23. The molecule has 0 amide bonds. The van der Waals surface area contributed by atoms with Gasteiger partial charge in [-0.25, -0.2) is 0 Å². The zero-order valence-corrected chi connectivity index (χ0v) is 16.4. The molecule has 0 radical (unpaired) electrons. The number of rotatable bonds is 4. The Bertz CT molecular complexity index is 1300. The number of nitrogens with two attached hydrogens (primary N) is 1. The summed E-state index contributed by atoms with van der Waals surface area (Å²) in [6, 6.07) is 5.91. The van der Waals surface area contributed by atoms with Crippen molar-refractivity contribution in [3.8, 4) is 23.8 Å². The summed E-state index contributed by atoms with van der Waals surface area (Å²) in [5.74, 6) is 0.102. The number of nitrogen functional groups attached to an aromatic ring is 1. The van der Waals surface area contributed by atoms with Gasteiger partial charge in [-0.15, -0.1) is 0 Å². The van der Waals surface area contributed by atoms with Crippen LogP contribution in [0.15, 0.2) is 40.8 Å². The summed E-state index contributed by atoms with van der Waals surface area (Å²) in [5, 5.41) is 21.0. The predicted octanol–water partition coefficient (Wildman–Crippen LogP) is 4.72. The van der Waals surface area contributed by atoms with Crippen LogP contribution in [0.4, 0.5) is 17.5 Å². The lowest BCUT2D eigenvalue weighted by molar-refractivity contribution is 0.453. The maximum atomic E-state index is 9.23. The lowest BCUT2D eigenvalue weighted by Gasteiger charge is -2.14. The maximum Gasteiger partial charge on any atom is 0.240 e. The number of nitrogens with one attached hydrogen (secondary N) is 1. The Morgan fingerprint density at radius 3 is 2.29 bits per heavy atom. The normalized spacial score (nSPS) is 12.0. The lowest BCUT2D eigenvalue weighted by Crippen LogP contribution is -2.04. The number of halogens is 1. The molecule has 3 aromatic rings. The standard InChI is InChI=1S/C20H15BrN6O/c1-11-7-14(10-23)8-12(2)17(11)28-19-16(21)18(24)26-20(27-19)25-15-5-3-13(9-22)4-6-15/h3-8H,1-2H3,(H3,24,25,26,27)/i5D,6D,7D,8D. The van der Waals surface area contributed by atoms with E-state index in [1.807, 2.05) is 12.1 Å². The van der Waals surface area contributed by atoms with Gasteiger partial charge in [0.15, 0.2) is 0 Å². The van der Waals surface area contributed by atoms with Gasteiger partial charge >= 0.3 is 0 Å². The Kier molecular flexibility index (Phi) is 4.10. The second kappa shape index (κ2) is 7.95. The van der Waals surface area contributed by atoms with Crippen molar-refractivity contribution in [3.63, 3.8) is 0 Å². The second-order valence-corrected chi connectivity index (χ2v) is 6.41. The first-order valence-electron chi connectivity index (χ1n) is 9.88. The Morgan fingerprint density at radius 1 is 1.11 bits per heavy atom. The van der Waals surface area contributed by atoms with Crippen molar-refractivity contribution < 1.29 is 10.2 Å². The molecule has 3 N–H and O–H groups in total. The van der Waals surface area contributed by atoms with Crippen LogP contribution in [0.5, 0.6) is 11.6 Å². The molecule has 1 aromatic heterocycles. The Hall–Kier alpha value is -3.62. The number of benzene rings is 2. The average molecular weight is 439 g/mol. The van der Waals surface area contributed by atoms with Crippen LogP contribution in [0, 0.1) is 36.5 Å². The minimum Gasteiger partial charge on any atom is -0.437 e. The highest BCUT2D eigenvalue weighted by Gasteiger charge is 2.16. The van der Waals surface area contributed by atoms with E-state index in [0.29, 0.717) is 11.1 Å².